The Kier molecular flexibility index (Phi) is 7.07. The predicted molar refractivity (Wildman–Crippen MR) is 144 cm³/mol. The van der Waals surface area contributed by atoms with Crippen LogP contribution in [0.15, 0.2) is 42.7 Å². The molecule has 40 heavy (non-hydrogen) atoms. The third kappa shape index (κ3) is 5.09. The third-order valence-electron chi connectivity index (χ3n) is 7.86. The summed E-state index contributed by atoms with van der Waals surface area (Å²) in [5.41, 5.74) is 4.41. The van der Waals surface area contributed by atoms with E-state index in [-0.39, 0.29) is 24.3 Å². The number of carbonyl (C=O) groups is 3. The minimum Gasteiger partial charge on any atom is -0.489 e. The average Bonchev–Trinajstić information content (AvgIpc) is 3.62. The second kappa shape index (κ2) is 10.8. The highest BCUT2D eigenvalue weighted by Gasteiger charge is 2.39. The highest BCUT2D eigenvalue weighted by molar-refractivity contribution is 6.05. The van der Waals surface area contributed by atoms with E-state index in [1.165, 1.54) is 0 Å². The van der Waals surface area contributed by atoms with E-state index in [4.69, 9.17) is 9.47 Å². The minimum atomic E-state index is -0.621. The van der Waals surface area contributed by atoms with Crippen LogP contribution in [0.1, 0.15) is 46.6 Å². The molecule has 0 aliphatic carbocycles. The van der Waals surface area contributed by atoms with Gasteiger partial charge in [-0.15, -0.1) is 0 Å². The molecule has 6 rings (SSSR count). The number of pyridine rings is 1. The number of ether oxygens (including phenoxy) is 2. The summed E-state index contributed by atoms with van der Waals surface area (Å²) >= 11 is 0. The maximum atomic E-state index is 13.0. The first-order chi connectivity index (χ1) is 19.4. The fraction of sp³-hybridized carbons (Fsp3) is 0.414. The fourth-order valence-electron chi connectivity index (χ4n) is 5.79. The molecule has 208 valence electrons. The van der Waals surface area contributed by atoms with E-state index in [0.29, 0.717) is 25.1 Å². The molecule has 3 aliphatic heterocycles. The summed E-state index contributed by atoms with van der Waals surface area (Å²) in [5.74, 6) is 0.731. The van der Waals surface area contributed by atoms with E-state index in [2.05, 4.69) is 24.8 Å². The van der Waals surface area contributed by atoms with Crippen LogP contribution in [0.25, 0.3) is 11.4 Å². The average molecular weight is 545 g/mol. The van der Waals surface area contributed by atoms with Gasteiger partial charge in [0, 0.05) is 64.1 Å². The van der Waals surface area contributed by atoms with Crippen LogP contribution in [0, 0.1) is 0 Å². The number of rotatable bonds is 8. The summed E-state index contributed by atoms with van der Waals surface area (Å²) in [6.07, 6.45) is 5.22. The fourth-order valence-corrected chi connectivity index (χ4v) is 5.79. The number of amides is 3. The lowest BCUT2D eigenvalue weighted by molar-refractivity contribution is -0.136. The third-order valence-corrected chi connectivity index (χ3v) is 7.86. The number of aromatic nitrogens is 3. The van der Waals surface area contributed by atoms with E-state index >= 15 is 0 Å². The number of benzene rings is 1. The molecule has 2 atom stereocenters. The van der Waals surface area contributed by atoms with E-state index in [9.17, 15) is 14.4 Å². The molecule has 5 heterocycles. The largest absolute Gasteiger partial charge is 0.489 e. The van der Waals surface area contributed by atoms with Crippen LogP contribution in [0.3, 0.4) is 0 Å². The molecule has 3 amide bonds. The van der Waals surface area contributed by atoms with Gasteiger partial charge in [-0.25, -0.2) is 4.98 Å². The first-order valence-corrected chi connectivity index (χ1v) is 13.5. The van der Waals surface area contributed by atoms with Gasteiger partial charge in [0.15, 0.2) is 0 Å². The van der Waals surface area contributed by atoms with Crippen molar-refractivity contribution in [2.24, 2.45) is 7.05 Å². The van der Waals surface area contributed by atoms with Crippen molar-refractivity contribution in [1.82, 2.24) is 29.7 Å². The van der Waals surface area contributed by atoms with Gasteiger partial charge in [-0.3, -0.25) is 29.6 Å². The second-order valence-corrected chi connectivity index (χ2v) is 10.6. The lowest BCUT2D eigenvalue weighted by Crippen LogP contribution is -2.52. The summed E-state index contributed by atoms with van der Waals surface area (Å²) < 4.78 is 13.6. The van der Waals surface area contributed by atoms with Crippen LogP contribution in [-0.2, 0) is 41.1 Å². The number of hydrogen-bond acceptors (Lipinski definition) is 8. The van der Waals surface area contributed by atoms with Crippen molar-refractivity contribution >= 4 is 17.7 Å². The molecule has 11 nitrogen and oxygen atoms in total. The summed E-state index contributed by atoms with van der Waals surface area (Å²) in [7, 11) is 3.69. The van der Waals surface area contributed by atoms with Gasteiger partial charge in [0.25, 0.3) is 5.91 Å². The number of nitrogens with one attached hydrogen (secondary N) is 1. The maximum absolute atomic E-state index is 13.0. The standard InChI is InChI=1S/C29H32N6O5/c1-33-21(13-31-27(33)18-7-9-30-20(11-18)17-39-2)15-34-10-8-23(16-34)40-22-3-4-24-19(12-22)14-35(29(24)38)25-5-6-26(36)32-28(25)37/h3-4,7,9,11-13,23,25H,5-6,8,10,14-17H2,1-2H3,(H,32,36,37)/t23-,25?/m0/s1. The molecule has 3 aromatic rings. The van der Waals surface area contributed by atoms with E-state index in [1.54, 1.807) is 24.3 Å². The maximum Gasteiger partial charge on any atom is 0.255 e. The highest BCUT2D eigenvalue weighted by atomic mass is 16.5. The van der Waals surface area contributed by atoms with Gasteiger partial charge in [0.2, 0.25) is 11.8 Å². The number of carbonyl (C=O) groups excluding carboxylic acids is 3. The Labute approximate surface area is 232 Å². The lowest BCUT2D eigenvalue weighted by Gasteiger charge is -2.29. The number of imidazole rings is 1. The summed E-state index contributed by atoms with van der Waals surface area (Å²) in [6.45, 7) is 3.25. The van der Waals surface area contributed by atoms with Crippen molar-refractivity contribution in [3.8, 4) is 17.1 Å². The predicted octanol–water partition coefficient (Wildman–Crippen LogP) is 2.04. The zero-order valence-corrected chi connectivity index (χ0v) is 22.6. The monoisotopic (exact) mass is 544 g/mol. The van der Waals surface area contributed by atoms with Gasteiger partial charge in [-0.1, -0.05) is 0 Å². The number of nitrogens with zero attached hydrogens (tertiary/aromatic N) is 5. The smallest absolute Gasteiger partial charge is 0.255 e. The van der Waals surface area contributed by atoms with Gasteiger partial charge in [0.1, 0.15) is 23.7 Å². The van der Waals surface area contributed by atoms with E-state index < -0.39 is 11.9 Å². The normalized spacial score (nSPS) is 21.1. The van der Waals surface area contributed by atoms with Crippen molar-refractivity contribution in [3.63, 3.8) is 0 Å². The molecule has 1 N–H and O–H groups in total. The molecule has 2 aromatic heterocycles. The summed E-state index contributed by atoms with van der Waals surface area (Å²) in [6, 6.07) is 8.85. The van der Waals surface area contributed by atoms with Crippen molar-refractivity contribution in [2.75, 3.05) is 20.2 Å². The molecular formula is C29H32N6O5. The minimum absolute atomic E-state index is 0.0332. The summed E-state index contributed by atoms with van der Waals surface area (Å²) in [4.78, 5) is 49.7. The second-order valence-electron chi connectivity index (χ2n) is 10.6. The molecule has 1 aromatic carbocycles. The van der Waals surface area contributed by atoms with Crippen LogP contribution in [0.4, 0.5) is 0 Å². The van der Waals surface area contributed by atoms with Gasteiger partial charge >= 0.3 is 0 Å². The molecule has 11 heteroatoms. The van der Waals surface area contributed by atoms with Crippen molar-refractivity contribution in [3.05, 3.63) is 65.2 Å². The van der Waals surface area contributed by atoms with E-state index in [1.807, 2.05) is 37.5 Å². The number of likely N-dealkylation sites (tertiary alicyclic amines) is 1. The number of piperidine rings is 1. The molecule has 0 spiro atoms. The molecule has 2 fully saturated rings. The Morgan fingerprint density at radius 1 is 1.10 bits per heavy atom. The van der Waals surface area contributed by atoms with Crippen LogP contribution < -0.4 is 10.1 Å². The molecule has 0 saturated carbocycles. The quantitative estimate of drug-likeness (QED) is 0.428. The first-order valence-electron chi connectivity index (χ1n) is 13.5. The molecule has 3 aliphatic rings. The lowest BCUT2D eigenvalue weighted by atomic mass is 10.0. The van der Waals surface area contributed by atoms with Crippen molar-refractivity contribution in [2.45, 2.75) is 51.1 Å². The zero-order valence-electron chi connectivity index (χ0n) is 22.6. The van der Waals surface area contributed by atoms with Gasteiger partial charge < -0.3 is 18.9 Å². The van der Waals surface area contributed by atoms with Crippen LogP contribution in [0.2, 0.25) is 0 Å². The summed E-state index contributed by atoms with van der Waals surface area (Å²) in [5, 5.41) is 2.34. The topological polar surface area (TPSA) is 119 Å². The number of hydrogen-bond donors (Lipinski definition) is 1. The Hall–Kier alpha value is -4.09. The van der Waals surface area contributed by atoms with Crippen molar-refractivity contribution in [1.29, 1.82) is 0 Å². The Morgan fingerprint density at radius 3 is 2.80 bits per heavy atom. The molecular weight excluding hydrogens is 512 g/mol. The van der Waals surface area contributed by atoms with Crippen LogP contribution in [-0.4, -0.2) is 74.4 Å². The van der Waals surface area contributed by atoms with Gasteiger partial charge in [0.05, 0.1) is 24.2 Å². The first kappa shape index (κ1) is 26.1. The van der Waals surface area contributed by atoms with Crippen LogP contribution in [0.5, 0.6) is 5.75 Å². The number of methoxy groups -OCH3 is 1. The molecule has 0 radical (unpaired) electrons. The number of imide groups is 1. The Bertz CT molecular complexity index is 1470. The molecule has 1 unspecified atom stereocenters. The van der Waals surface area contributed by atoms with Gasteiger partial charge in [-0.2, -0.15) is 0 Å². The molecule has 0 bridgehead atoms. The van der Waals surface area contributed by atoms with Crippen molar-refractivity contribution < 1.29 is 23.9 Å². The Morgan fingerprint density at radius 2 is 1.98 bits per heavy atom. The molecule has 2 saturated heterocycles. The van der Waals surface area contributed by atoms with Gasteiger partial charge in [-0.05, 0) is 48.7 Å². The van der Waals surface area contributed by atoms with E-state index in [0.717, 1.165) is 60.1 Å². The Balaban J connectivity index is 1.07. The van der Waals surface area contributed by atoms with Crippen LogP contribution >= 0.6 is 0 Å². The SMILES string of the molecule is COCc1cc(-c2ncc(CN3CC[C@H](Oc4ccc5c(c4)CN(C4CCC(=O)NC4=O)C5=O)C3)n2C)ccn1. The number of fused-ring (bicyclic) bond motifs is 1. The zero-order chi connectivity index (χ0) is 27.8. The highest BCUT2D eigenvalue weighted by Crippen LogP contribution is 2.31.